The van der Waals surface area contributed by atoms with Gasteiger partial charge in [0.05, 0.1) is 13.3 Å². The van der Waals surface area contributed by atoms with Crippen LogP contribution in [0.25, 0.3) is 0 Å². The first-order valence-corrected chi connectivity index (χ1v) is 6.34. The summed E-state index contributed by atoms with van der Waals surface area (Å²) in [5.41, 5.74) is 2.93. The molecule has 1 heterocycles. The molecule has 19 heavy (non-hydrogen) atoms. The van der Waals surface area contributed by atoms with Gasteiger partial charge in [-0.15, -0.1) is 0 Å². The number of imidazole rings is 1. The van der Waals surface area contributed by atoms with Gasteiger partial charge >= 0.3 is 5.97 Å². The molecular formula is C15H18N2O2. The first-order valence-electron chi connectivity index (χ1n) is 6.34. The molecule has 100 valence electrons. The van der Waals surface area contributed by atoms with Crippen molar-refractivity contribution in [3.8, 4) is 0 Å². The number of carbonyl (C=O) groups excluding carboxylic acids is 1. The van der Waals surface area contributed by atoms with E-state index in [9.17, 15) is 4.79 Å². The van der Waals surface area contributed by atoms with Crippen LogP contribution < -0.4 is 0 Å². The highest BCUT2D eigenvalue weighted by molar-refractivity contribution is 5.87. The van der Waals surface area contributed by atoms with Gasteiger partial charge in [-0.05, 0) is 24.5 Å². The van der Waals surface area contributed by atoms with Crippen LogP contribution in [0, 0.1) is 6.92 Å². The Morgan fingerprint density at radius 3 is 2.47 bits per heavy atom. The van der Waals surface area contributed by atoms with Gasteiger partial charge in [0.25, 0.3) is 0 Å². The van der Waals surface area contributed by atoms with Gasteiger partial charge in [-0.25, -0.2) is 9.78 Å². The van der Waals surface area contributed by atoms with Crippen molar-refractivity contribution in [3.63, 3.8) is 0 Å². The van der Waals surface area contributed by atoms with Gasteiger partial charge in [-0.2, -0.15) is 0 Å². The van der Waals surface area contributed by atoms with E-state index < -0.39 is 0 Å². The summed E-state index contributed by atoms with van der Waals surface area (Å²) >= 11 is 0. The van der Waals surface area contributed by atoms with Crippen molar-refractivity contribution in [2.24, 2.45) is 0 Å². The van der Waals surface area contributed by atoms with Crippen molar-refractivity contribution in [3.05, 3.63) is 53.1 Å². The lowest BCUT2D eigenvalue weighted by atomic mass is 10.1. The van der Waals surface area contributed by atoms with Gasteiger partial charge in [0.15, 0.2) is 0 Å². The standard InChI is InChI=1S/C15H18N2O2/c1-4-12-5-7-13(8-6-12)10-17-11(2)16-9-14(17)15(18)19-3/h5-9H,4,10H2,1-3H3. The quantitative estimate of drug-likeness (QED) is 0.792. The maximum absolute atomic E-state index is 11.7. The van der Waals surface area contributed by atoms with Gasteiger partial charge in [0.1, 0.15) is 11.5 Å². The lowest BCUT2D eigenvalue weighted by molar-refractivity contribution is 0.0588. The zero-order chi connectivity index (χ0) is 13.8. The SMILES string of the molecule is CCc1ccc(Cn2c(C(=O)OC)cnc2C)cc1. The van der Waals surface area contributed by atoms with E-state index >= 15 is 0 Å². The molecule has 0 aliphatic rings. The van der Waals surface area contributed by atoms with Crippen LogP contribution in [0.15, 0.2) is 30.5 Å². The molecule has 0 fully saturated rings. The van der Waals surface area contributed by atoms with Gasteiger partial charge in [0, 0.05) is 6.54 Å². The summed E-state index contributed by atoms with van der Waals surface area (Å²) in [6.45, 7) is 4.64. The van der Waals surface area contributed by atoms with Gasteiger partial charge in [-0.3, -0.25) is 0 Å². The maximum atomic E-state index is 11.7. The molecule has 1 aromatic carbocycles. The smallest absolute Gasteiger partial charge is 0.356 e. The van der Waals surface area contributed by atoms with E-state index in [0.717, 1.165) is 17.8 Å². The predicted molar refractivity (Wildman–Crippen MR) is 73.2 cm³/mol. The van der Waals surface area contributed by atoms with Gasteiger partial charge < -0.3 is 9.30 Å². The molecule has 0 aliphatic heterocycles. The third kappa shape index (κ3) is 2.84. The van der Waals surface area contributed by atoms with Crippen molar-refractivity contribution in [1.82, 2.24) is 9.55 Å². The van der Waals surface area contributed by atoms with Crippen LogP contribution in [-0.2, 0) is 17.7 Å². The van der Waals surface area contributed by atoms with Crippen LogP contribution in [-0.4, -0.2) is 22.6 Å². The Bertz CT molecular complexity index is 570. The first kappa shape index (κ1) is 13.3. The van der Waals surface area contributed by atoms with Gasteiger partial charge in [-0.1, -0.05) is 31.2 Å². The molecule has 2 aromatic rings. The molecule has 0 unspecified atom stereocenters. The first-order chi connectivity index (χ1) is 9.15. The van der Waals surface area contributed by atoms with E-state index in [1.54, 1.807) is 6.20 Å². The second-order valence-electron chi connectivity index (χ2n) is 4.44. The number of hydrogen-bond acceptors (Lipinski definition) is 3. The molecule has 0 N–H and O–H groups in total. The van der Waals surface area contributed by atoms with E-state index in [4.69, 9.17) is 4.74 Å². The van der Waals surface area contributed by atoms with Crippen molar-refractivity contribution >= 4 is 5.97 Å². The number of rotatable bonds is 4. The summed E-state index contributed by atoms with van der Waals surface area (Å²) in [4.78, 5) is 15.8. The van der Waals surface area contributed by atoms with Crippen molar-refractivity contribution in [2.75, 3.05) is 7.11 Å². The molecule has 0 saturated heterocycles. The topological polar surface area (TPSA) is 44.1 Å². The Hall–Kier alpha value is -2.10. The van der Waals surface area contributed by atoms with E-state index in [-0.39, 0.29) is 5.97 Å². The Labute approximate surface area is 113 Å². The second-order valence-corrected chi connectivity index (χ2v) is 4.44. The third-order valence-corrected chi connectivity index (χ3v) is 3.22. The molecule has 1 aromatic heterocycles. The number of aromatic nitrogens is 2. The van der Waals surface area contributed by atoms with Crippen LogP contribution in [0.4, 0.5) is 0 Å². The highest BCUT2D eigenvalue weighted by Crippen LogP contribution is 2.12. The summed E-state index contributed by atoms with van der Waals surface area (Å²) < 4.78 is 6.63. The van der Waals surface area contributed by atoms with Crippen LogP contribution in [0.2, 0.25) is 0 Å². The molecule has 4 heteroatoms. The number of benzene rings is 1. The Kier molecular flexibility index (Phi) is 4.00. The molecule has 2 rings (SSSR count). The molecule has 0 spiro atoms. The Morgan fingerprint density at radius 2 is 1.89 bits per heavy atom. The number of methoxy groups -OCH3 is 1. The zero-order valence-corrected chi connectivity index (χ0v) is 11.5. The fourth-order valence-corrected chi connectivity index (χ4v) is 2.00. The highest BCUT2D eigenvalue weighted by atomic mass is 16.5. The van der Waals surface area contributed by atoms with E-state index in [1.807, 2.05) is 11.5 Å². The monoisotopic (exact) mass is 258 g/mol. The summed E-state index contributed by atoms with van der Waals surface area (Å²) in [6.07, 6.45) is 2.58. The number of aryl methyl sites for hydroxylation is 2. The largest absolute Gasteiger partial charge is 0.464 e. The predicted octanol–water partition coefficient (Wildman–Crippen LogP) is 2.59. The second kappa shape index (κ2) is 5.69. The van der Waals surface area contributed by atoms with E-state index in [1.165, 1.54) is 12.7 Å². The molecule has 0 radical (unpaired) electrons. The lowest BCUT2D eigenvalue weighted by Crippen LogP contribution is -2.12. The number of hydrogen-bond donors (Lipinski definition) is 0. The Morgan fingerprint density at radius 1 is 1.26 bits per heavy atom. The molecule has 0 amide bonds. The maximum Gasteiger partial charge on any atom is 0.356 e. The van der Waals surface area contributed by atoms with Crippen LogP contribution in [0.3, 0.4) is 0 Å². The van der Waals surface area contributed by atoms with Crippen molar-refractivity contribution < 1.29 is 9.53 Å². The van der Waals surface area contributed by atoms with Crippen LogP contribution in [0.5, 0.6) is 0 Å². The van der Waals surface area contributed by atoms with Crippen molar-refractivity contribution in [1.29, 1.82) is 0 Å². The summed E-state index contributed by atoms with van der Waals surface area (Å²) in [5.74, 6) is 0.450. The molecule has 4 nitrogen and oxygen atoms in total. The number of esters is 1. The average molecular weight is 258 g/mol. The fourth-order valence-electron chi connectivity index (χ4n) is 2.00. The molecule has 0 saturated carbocycles. The third-order valence-electron chi connectivity index (χ3n) is 3.22. The minimum Gasteiger partial charge on any atom is -0.464 e. The van der Waals surface area contributed by atoms with E-state index in [2.05, 4.69) is 36.2 Å². The number of carbonyl (C=O) groups is 1. The fraction of sp³-hybridized carbons (Fsp3) is 0.333. The van der Waals surface area contributed by atoms with Crippen molar-refractivity contribution in [2.45, 2.75) is 26.8 Å². The molecule has 0 aliphatic carbocycles. The van der Waals surface area contributed by atoms with Crippen LogP contribution in [0.1, 0.15) is 34.4 Å². The molecule has 0 atom stereocenters. The van der Waals surface area contributed by atoms with Crippen LogP contribution >= 0.6 is 0 Å². The summed E-state index contributed by atoms with van der Waals surface area (Å²) in [5, 5.41) is 0. The summed E-state index contributed by atoms with van der Waals surface area (Å²) in [7, 11) is 1.38. The summed E-state index contributed by atoms with van der Waals surface area (Å²) in [6, 6.07) is 8.39. The number of nitrogens with zero attached hydrogens (tertiary/aromatic N) is 2. The normalized spacial score (nSPS) is 10.5. The van der Waals surface area contributed by atoms with E-state index in [0.29, 0.717) is 12.2 Å². The minimum atomic E-state index is -0.356. The zero-order valence-electron chi connectivity index (χ0n) is 11.5. The lowest BCUT2D eigenvalue weighted by Gasteiger charge is -2.09. The molecule has 0 bridgehead atoms. The Balaban J connectivity index is 2.27. The van der Waals surface area contributed by atoms with Gasteiger partial charge in [0.2, 0.25) is 0 Å². The molecular weight excluding hydrogens is 240 g/mol. The average Bonchev–Trinajstić information content (AvgIpc) is 2.80. The highest BCUT2D eigenvalue weighted by Gasteiger charge is 2.14. The minimum absolute atomic E-state index is 0.356. The number of ether oxygens (including phenoxy) is 1.